The molecule has 0 aliphatic carbocycles. The zero-order chi connectivity index (χ0) is 12.8. The maximum absolute atomic E-state index is 11.4. The van der Waals surface area contributed by atoms with Crippen molar-refractivity contribution in [1.82, 2.24) is 0 Å². The van der Waals surface area contributed by atoms with Gasteiger partial charge in [-0.05, 0) is 12.8 Å². The highest BCUT2D eigenvalue weighted by Crippen LogP contribution is 2.15. The first-order valence-corrected chi connectivity index (χ1v) is 5.96. The van der Waals surface area contributed by atoms with Gasteiger partial charge < -0.3 is 20.1 Å². The fourth-order valence-electron chi connectivity index (χ4n) is 1.75. The molecule has 0 saturated carbocycles. The fourth-order valence-corrected chi connectivity index (χ4v) is 1.75. The molecule has 1 aliphatic heterocycles. The maximum Gasteiger partial charge on any atom is 0.306 e. The molecule has 0 aromatic rings. The molecule has 1 heterocycles. The lowest BCUT2D eigenvalue weighted by Crippen LogP contribution is -2.40. The first-order valence-electron chi connectivity index (χ1n) is 5.96. The second-order valence-corrected chi connectivity index (χ2v) is 4.29. The smallest absolute Gasteiger partial charge is 0.306 e. The quantitative estimate of drug-likeness (QED) is 0.475. The predicted molar refractivity (Wildman–Crippen MR) is 61.2 cm³/mol. The molecule has 1 rings (SSSR count). The molecule has 98 valence electrons. The summed E-state index contributed by atoms with van der Waals surface area (Å²) in [4.78, 5) is 11.4. The first kappa shape index (κ1) is 14.2. The van der Waals surface area contributed by atoms with Gasteiger partial charge in [0.15, 0.2) is 0 Å². The van der Waals surface area contributed by atoms with Crippen molar-refractivity contribution < 1.29 is 24.9 Å². The van der Waals surface area contributed by atoms with Crippen LogP contribution in [-0.2, 0) is 9.53 Å². The van der Waals surface area contributed by atoms with E-state index in [9.17, 15) is 20.1 Å². The Morgan fingerprint density at radius 2 is 2.06 bits per heavy atom. The SMILES string of the molecule is CCC[C@@H]1OC(=O)CC[C@H](O)C=C[C@@H](O)[C@H]1O. The Kier molecular flexibility index (Phi) is 5.61. The first-order chi connectivity index (χ1) is 8.04. The predicted octanol–water partition coefficient (Wildman–Crippen LogP) is 0.131. The minimum atomic E-state index is -1.15. The summed E-state index contributed by atoms with van der Waals surface area (Å²) in [6.45, 7) is 1.91. The summed E-state index contributed by atoms with van der Waals surface area (Å²) >= 11 is 0. The second kappa shape index (κ2) is 6.74. The van der Waals surface area contributed by atoms with Gasteiger partial charge in [0.1, 0.15) is 18.3 Å². The summed E-state index contributed by atoms with van der Waals surface area (Å²) in [6, 6.07) is 0. The van der Waals surface area contributed by atoms with Gasteiger partial charge in [-0.25, -0.2) is 0 Å². The third-order valence-electron chi connectivity index (χ3n) is 2.76. The number of carbonyl (C=O) groups is 1. The highest BCUT2D eigenvalue weighted by molar-refractivity contribution is 5.69. The monoisotopic (exact) mass is 244 g/mol. The van der Waals surface area contributed by atoms with Crippen molar-refractivity contribution in [2.24, 2.45) is 0 Å². The average molecular weight is 244 g/mol. The summed E-state index contributed by atoms with van der Waals surface area (Å²) in [7, 11) is 0. The minimum Gasteiger partial charge on any atom is -0.459 e. The van der Waals surface area contributed by atoms with E-state index in [1.54, 1.807) is 0 Å². The van der Waals surface area contributed by atoms with Crippen molar-refractivity contribution in [3.05, 3.63) is 12.2 Å². The molecule has 0 radical (unpaired) electrons. The number of cyclic esters (lactones) is 1. The van der Waals surface area contributed by atoms with E-state index in [1.165, 1.54) is 12.2 Å². The number of hydrogen-bond acceptors (Lipinski definition) is 5. The number of carbonyl (C=O) groups excluding carboxylic acids is 1. The van der Waals surface area contributed by atoms with Gasteiger partial charge >= 0.3 is 5.97 Å². The standard InChI is InChI=1S/C12H20O5/c1-2-3-10-12(16)9(14)6-4-8(13)5-7-11(15)17-10/h4,6,8-10,12-14,16H,2-3,5,7H2,1H3/t8-,9-,10+,12-/m1/s1. The minimum absolute atomic E-state index is 0.106. The lowest BCUT2D eigenvalue weighted by atomic mass is 10.0. The van der Waals surface area contributed by atoms with Gasteiger partial charge in [-0.2, -0.15) is 0 Å². The highest BCUT2D eigenvalue weighted by Gasteiger charge is 2.28. The Balaban J connectivity index is 2.78. The Hall–Kier alpha value is -0.910. The largest absolute Gasteiger partial charge is 0.459 e. The molecule has 0 saturated heterocycles. The van der Waals surface area contributed by atoms with E-state index in [1.807, 2.05) is 6.92 Å². The van der Waals surface area contributed by atoms with E-state index in [-0.39, 0.29) is 12.8 Å². The normalized spacial score (nSPS) is 35.4. The topological polar surface area (TPSA) is 87.0 Å². The molecule has 5 nitrogen and oxygen atoms in total. The molecule has 4 atom stereocenters. The molecule has 5 heteroatoms. The average Bonchev–Trinajstić information content (AvgIpc) is 2.31. The van der Waals surface area contributed by atoms with Gasteiger partial charge in [0.2, 0.25) is 0 Å². The van der Waals surface area contributed by atoms with Crippen LogP contribution in [0.25, 0.3) is 0 Å². The molecule has 0 spiro atoms. The van der Waals surface area contributed by atoms with Gasteiger partial charge in [-0.15, -0.1) is 0 Å². The van der Waals surface area contributed by atoms with Crippen molar-refractivity contribution in [3.8, 4) is 0 Å². The molecule has 0 amide bonds. The van der Waals surface area contributed by atoms with Crippen LogP contribution in [0.2, 0.25) is 0 Å². The van der Waals surface area contributed by atoms with Crippen LogP contribution in [0.15, 0.2) is 12.2 Å². The summed E-state index contributed by atoms with van der Waals surface area (Å²) in [5.41, 5.74) is 0. The second-order valence-electron chi connectivity index (χ2n) is 4.29. The molecule has 17 heavy (non-hydrogen) atoms. The van der Waals surface area contributed by atoms with Crippen LogP contribution in [-0.4, -0.2) is 45.7 Å². The van der Waals surface area contributed by atoms with E-state index in [4.69, 9.17) is 4.74 Å². The van der Waals surface area contributed by atoms with E-state index in [0.717, 1.165) is 6.42 Å². The summed E-state index contributed by atoms with van der Waals surface area (Å²) < 4.78 is 5.10. The Morgan fingerprint density at radius 3 is 2.71 bits per heavy atom. The maximum atomic E-state index is 11.4. The lowest BCUT2D eigenvalue weighted by Gasteiger charge is -2.26. The molecule has 0 fully saturated rings. The van der Waals surface area contributed by atoms with E-state index in [2.05, 4.69) is 0 Å². The molecule has 0 aromatic heterocycles. The van der Waals surface area contributed by atoms with E-state index in [0.29, 0.717) is 6.42 Å². The number of aliphatic hydroxyl groups excluding tert-OH is 3. The number of hydrogen-bond donors (Lipinski definition) is 3. The zero-order valence-electron chi connectivity index (χ0n) is 9.95. The van der Waals surface area contributed by atoms with Gasteiger partial charge in [0, 0.05) is 6.42 Å². The van der Waals surface area contributed by atoms with Crippen molar-refractivity contribution in [2.45, 2.75) is 57.0 Å². The van der Waals surface area contributed by atoms with Gasteiger partial charge in [0.05, 0.1) is 6.10 Å². The molecule has 0 bridgehead atoms. The fraction of sp³-hybridized carbons (Fsp3) is 0.750. The van der Waals surface area contributed by atoms with Crippen molar-refractivity contribution in [3.63, 3.8) is 0 Å². The van der Waals surface area contributed by atoms with E-state index >= 15 is 0 Å². The Labute approximate surface area is 101 Å². The van der Waals surface area contributed by atoms with E-state index < -0.39 is 30.4 Å². The molecular formula is C12H20O5. The Morgan fingerprint density at radius 1 is 1.35 bits per heavy atom. The van der Waals surface area contributed by atoms with Crippen LogP contribution in [0, 0.1) is 0 Å². The molecule has 1 aliphatic rings. The molecular weight excluding hydrogens is 224 g/mol. The van der Waals surface area contributed by atoms with Crippen LogP contribution in [0.1, 0.15) is 32.6 Å². The highest BCUT2D eigenvalue weighted by atomic mass is 16.6. The van der Waals surface area contributed by atoms with Crippen LogP contribution in [0.5, 0.6) is 0 Å². The van der Waals surface area contributed by atoms with Crippen LogP contribution < -0.4 is 0 Å². The number of esters is 1. The third-order valence-corrected chi connectivity index (χ3v) is 2.76. The van der Waals surface area contributed by atoms with Crippen LogP contribution in [0.4, 0.5) is 0 Å². The summed E-state index contributed by atoms with van der Waals surface area (Å²) in [5, 5.41) is 28.9. The van der Waals surface area contributed by atoms with Gasteiger partial charge in [0.25, 0.3) is 0 Å². The molecule has 3 N–H and O–H groups in total. The molecule has 0 unspecified atom stereocenters. The molecule has 0 aromatic carbocycles. The third kappa shape index (κ3) is 4.46. The summed E-state index contributed by atoms with van der Waals surface area (Å²) in [6.07, 6.45) is 0.578. The zero-order valence-corrected chi connectivity index (χ0v) is 9.95. The van der Waals surface area contributed by atoms with Crippen LogP contribution >= 0.6 is 0 Å². The van der Waals surface area contributed by atoms with Crippen LogP contribution in [0.3, 0.4) is 0 Å². The van der Waals surface area contributed by atoms with Crippen molar-refractivity contribution in [2.75, 3.05) is 0 Å². The summed E-state index contributed by atoms with van der Waals surface area (Å²) in [5.74, 6) is -0.455. The number of rotatable bonds is 2. The van der Waals surface area contributed by atoms with Crippen molar-refractivity contribution >= 4 is 5.97 Å². The van der Waals surface area contributed by atoms with Gasteiger partial charge in [-0.1, -0.05) is 25.5 Å². The van der Waals surface area contributed by atoms with Gasteiger partial charge in [-0.3, -0.25) is 4.79 Å². The number of aliphatic hydroxyl groups is 3. The number of ether oxygens (including phenoxy) is 1. The lowest BCUT2D eigenvalue weighted by molar-refractivity contribution is -0.159. The Bertz CT molecular complexity index is 276. The van der Waals surface area contributed by atoms with Crippen molar-refractivity contribution in [1.29, 1.82) is 0 Å².